The number of ether oxygens (including phenoxy) is 1. The molecule has 0 spiro atoms. The van der Waals surface area contributed by atoms with Crippen molar-refractivity contribution >= 4 is 15.9 Å². The normalized spacial score (nSPS) is 21.1. The quantitative estimate of drug-likeness (QED) is 0.789. The Morgan fingerprint density at radius 3 is 2.62 bits per heavy atom. The van der Waals surface area contributed by atoms with Crippen LogP contribution >= 0.6 is 0 Å². The van der Waals surface area contributed by atoms with Crippen LogP contribution in [-0.2, 0) is 21.2 Å². The van der Waals surface area contributed by atoms with Gasteiger partial charge in [0.2, 0.25) is 10.0 Å². The predicted molar refractivity (Wildman–Crippen MR) is 110 cm³/mol. The van der Waals surface area contributed by atoms with E-state index in [1.165, 1.54) is 23.3 Å². The number of nitrogens with zero attached hydrogens (tertiary/aromatic N) is 1. The molecule has 0 aromatic heterocycles. The molecule has 2 aliphatic rings. The van der Waals surface area contributed by atoms with Crippen LogP contribution in [0.3, 0.4) is 0 Å². The molecule has 0 saturated carbocycles. The second-order valence-electron chi connectivity index (χ2n) is 7.68. The summed E-state index contributed by atoms with van der Waals surface area (Å²) in [4.78, 5) is 14.9. The van der Waals surface area contributed by atoms with Gasteiger partial charge in [0.1, 0.15) is 0 Å². The van der Waals surface area contributed by atoms with Crippen molar-refractivity contribution in [2.24, 2.45) is 0 Å². The van der Waals surface area contributed by atoms with Crippen LogP contribution in [0.25, 0.3) is 0 Å². The molecule has 2 aromatic rings. The van der Waals surface area contributed by atoms with Gasteiger partial charge >= 0.3 is 0 Å². The van der Waals surface area contributed by atoms with Crippen molar-refractivity contribution in [3.63, 3.8) is 0 Å². The van der Waals surface area contributed by atoms with Crippen LogP contribution in [0.5, 0.6) is 0 Å². The summed E-state index contributed by atoms with van der Waals surface area (Å²) in [6, 6.07) is 14.4. The van der Waals surface area contributed by atoms with Crippen LogP contribution in [0, 0.1) is 0 Å². The molecule has 29 heavy (non-hydrogen) atoms. The maximum atomic E-state index is 12.9. The second kappa shape index (κ2) is 8.26. The molecule has 2 atom stereocenters. The number of rotatable bonds is 6. The van der Waals surface area contributed by atoms with Gasteiger partial charge in [-0.3, -0.25) is 4.79 Å². The summed E-state index contributed by atoms with van der Waals surface area (Å²) in [5, 5.41) is 0. The predicted octanol–water partition coefficient (Wildman–Crippen LogP) is 2.90. The topological polar surface area (TPSA) is 75.7 Å². The number of hydrogen-bond donors (Lipinski definition) is 1. The molecule has 6 nitrogen and oxygen atoms in total. The number of nitrogens with one attached hydrogen (secondary N) is 1. The van der Waals surface area contributed by atoms with Gasteiger partial charge in [0, 0.05) is 25.8 Å². The molecule has 1 saturated heterocycles. The zero-order valence-electron chi connectivity index (χ0n) is 16.5. The van der Waals surface area contributed by atoms with E-state index in [0.717, 1.165) is 25.7 Å². The third kappa shape index (κ3) is 4.22. The Kier molecular flexibility index (Phi) is 5.72. The van der Waals surface area contributed by atoms with Gasteiger partial charge in [-0.25, -0.2) is 13.1 Å². The Balaban J connectivity index is 1.44. The fourth-order valence-electron chi connectivity index (χ4n) is 4.15. The van der Waals surface area contributed by atoms with E-state index in [2.05, 4.69) is 16.9 Å². The lowest BCUT2D eigenvalue weighted by atomic mass is 10.1. The standard InChI is InChI=1S/C22H26N2O4S/c1-24(21-13-10-16-5-2-3-7-20(16)21)22(25)17-8-11-19(12-9-17)29(26,27)23-15-18-6-4-14-28-18/h2-3,5,7-9,11-12,18,21,23H,4,6,10,13-15H2,1H3. The molecule has 1 N–H and O–H groups in total. The summed E-state index contributed by atoms with van der Waals surface area (Å²) in [5.74, 6) is -0.108. The van der Waals surface area contributed by atoms with E-state index < -0.39 is 10.0 Å². The maximum Gasteiger partial charge on any atom is 0.254 e. The van der Waals surface area contributed by atoms with Crippen LogP contribution in [0.4, 0.5) is 0 Å². The van der Waals surface area contributed by atoms with Gasteiger partial charge in [-0.2, -0.15) is 0 Å². The van der Waals surface area contributed by atoms with Crippen molar-refractivity contribution in [2.45, 2.75) is 42.7 Å². The highest BCUT2D eigenvalue weighted by Crippen LogP contribution is 2.35. The monoisotopic (exact) mass is 414 g/mol. The molecule has 1 aliphatic heterocycles. The van der Waals surface area contributed by atoms with Crippen molar-refractivity contribution in [1.82, 2.24) is 9.62 Å². The van der Waals surface area contributed by atoms with Gasteiger partial charge in [0.25, 0.3) is 5.91 Å². The minimum atomic E-state index is -3.62. The van der Waals surface area contributed by atoms with E-state index >= 15 is 0 Å². The van der Waals surface area contributed by atoms with Gasteiger partial charge in [-0.15, -0.1) is 0 Å². The van der Waals surface area contributed by atoms with E-state index in [0.29, 0.717) is 12.2 Å². The number of aryl methyl sites for hydroxylation is 1. The van der Waals surface area contributed by atoms with E-state index in [9.17, 15) is 13.2 Å². The Hall–Kier alpha value is -2.22. The van der Waals surface area contributed by atoms with Gasteiger partial charge < -0.3 is 9.64 Å². The molecule has 1 aliphatic carbocycles. The lowest BCUT2D eigenvalue weighted by Gasteiger charge is -2.25. The highest BCUT2D eigenvalue weighted by atomic mass is 32.2. The molecule has 7 heteroatoms. The number of sulfonamides is 1. The molecular formula is C22H26N2O4S. The lowest BCUT2D eigenvalue weighted by Crippen LogP contribution is -2.32. The van der Waals surface area contributed by atoms with Crippen molar-refractivity contribution in [2.75, 3.05) is 20.2 Å². The van der Waals surface area contributed by atoms with Crippen molar-refractivity contribution in [3.05, 3.63) is 65.2 Å². The number of hydrogen-bond acceptors (Lipinski definition) is 4. The van der Waals surface area contributed by atoms with Crippen LogP contribution in [0.2, 0.25) is 0 Å². The largest absolute Gasteiger partial charge is 0.377 e. The highest BCUT2D eigenvalue weighted by Gasteiger charge is 2.29. The number of carbonyl (C=O) groups is 1. The van der Waals surface area contributed by atoms with Crippen LogP contribution in [-0.4, -0.2) is 45.5 Å². The maximum absolute atomic E-state index is 12.9. The lowest BCUT2D eigenvalue weighted by molar-refractivity contribution is 0.0730. The Bertz CT molecular complexity index is 982. The summed E-state index contributed by atoms with van der Waals surface area (Å²) in [6.07, 6.45) is 3.63. The molecule has 0 radical (unpaired) electrons. The number of benzene rings is 2. The average Bonchev–Trinajstić information content (AvgIpc) is 3.41. The average molecular weight is 415 g/mol. The van der Waals surface area contributed by atoms with E-state index in [-0.39, 0.29) is 29.5 Å². The molecule has 4 rings (SSSR count). The minimum Gasteiger partial charge on any atom is -0.377 e. The molecule has 2 unspecified atom stereocenters. The first-order chi connectivity index (χ1) is 14.0. The Morgan fingerprint density at radius 1 is 1.14 bits per heavy atom. The van der Waals surface area contributed by atoms with E-state index in [4.69, 9.17) is 4.74 Å². The highest BCUT2D eigenvalue weighted by molar-refractivity contribution is 7.89. The zero-order valence-corrected chi connectivity index (χ0v) is 17.3. The molecule has 1 amide bonds. The first kappa shape index (κ1) is 20.1. The van der Waals surface area contributed by atoms with Crippen LogP contribution in [0.1, 0.15) is 46.8 Å². The minimum absolute atomic E-state index is 0.0511. The summed E-state index contributed by atoms with van der Waals surface area (Å²) in [5.41, 5.74) is 2.96. The van der Waals surface area contributed by atoms with Gasteiger partial charge in [-0.1, -0.05) is 24.3 Å². The molecular weight excluding hydrogens is 388 g/mol. The molecule has 154 valence electrons. The fourth-order valence-corrected chi connectivity index (χ4v) is 5.22. The van der Waals surface area contributed by atoms with Crippen LogP contribution < -0.4 is 4.72 Å². The smallest absolute Gasteiger partial charge is 0.254 e. The third-order valence-electron chi connectivity index (χ3n) is 5.83. The summed E-state index contributed by atoms with van der Waals surface area (Å²) in [6.45, 7) is 0.953. The molecule has 2 aromatic carbocycles. The number of carbonyl (C=O) groups excluding carboxylic acids is 1. The summed E-state index contributed by atoms with van der Waals surface area (Å²) in [7, 11) is -1.81. The van der Waals surface area contributed by atoms with Gasteiger partial charge in [-0.05, 0) is 61.1 Å². The van der Waals surface area contributed by atoms with Crippen molar-refractivity contribution < 1.29 is 17.9 Å². The first-order valence-corrected chi connectivity index (χ1v) is 11.5. The Labute approximate surface area is 171 Å². The summed E-state index contributed by atoms with van der Waals surface area (Å²) < 4.78 is 33.0. The van der Waals surface area contributed by atoms with Crippen molar-refractivity contribution in [3.8, 4) is 0 Å². The van der Waals surface area contributed by atoms with Gasteiger partial charge in [0.05, 0.1) is 17.0 Å². The van der Waals surface area contributed by atoms with Crippen molar-refractivity contribution in [1.29, 1.82) is 0 Å². The fraction of sp³-hybridized carbons (Fsp3) is 0.409. The second-order valence-corrected chi connectivity index (χ2v) is 9.45. The van der Waals surface area contributed by atoms with E-state index in [1.54, 1.807) is 17.0 Å². The molecule has 0 bridgehead atoms. The SMILES string of the molecule is CN(C(=O)c1ccc(S(=O)(=O)NCC2CCCO2)cc1)C1CCc2ccccc21. The molecule has 1 fully saturated rings. The molecule has 1 heterocycles. The Morgan fingerprint density at radius 2 is 1.90 bits per heavy atom. The van der Waals surface area contributed by atoms with E-state index in [1.807, 2.05) is 19.2 Å². The zero-order chi connectivity index (χ0) is 20.4. The van der Waals surface area contributed by atoms with Gasteiger partial charge in [0.15, 0.2) is 0 Å². The third-order valence-corrected chi connectivity index (χ3v) is 7.27. The first-order valence-electron chi connectivity index (χ1n) is 10.0. The van der Waals surface area contributed by atoms with Crippen LogP contribution in [0.15, 0.2) is 53.4 Å². The number of fused-ring (bicyclic) bond motifs is 1. The summed E-state index contributed by atoms with van der Waals surface area (Å²) >= 11 is 0. The number of amides is 1.